The zero-order chi connectivity index (χ0) is 13.7. The van der Waals surface area contributed by atoms with Crippen LogP contribution in [0.2, 0.25) is 0 Å². The molecule has 102 valence electrons. The van der Waals surface area contributed by atoms with Crippen LogP contribution in [0.5, 0.6) is 11.5 Å². The van der Waals surface area contributed by atoms with Gasteiger partial charge in [0.15, 0.2) is 0 Å². The van der Waals surface area contributed by atoms with Crippen LogP contribution in [0, 0.1) is 0 Å². The highest BCUT2D eigenvalue weighted by Gasteiger charge is 2.18. The number of hydrogen-bond donors (Lipinski definition) is 2. The number of hydrogen-bond acceptors (Lipinski definition) is 5. The Hall–Kier alpha value is -1.56. The lowest BCUT2D eigenvalue weighted by Gasteiger charge is -2.18. The highest BCUT2D eigenvalue weighted by Crippen LogP contribution is 2.34. The lowest BCUT2D eigenvalue weighted by molar-refractivity contribution is 0.333. The highest BCUT2D eigenvalue weighted by molar-refractivity contribution is 7.10. The van der Waals surface area contributed by atoms with Gasteiger partial charge in [0.1, 0.15) is 11.5 Å². The minimum Gasteiger partial charge on any atom is -0.496 e. The van der Waals surface area contributed by atoms with E-state index in [1.54, 1.807) is 18.4 Å². The number of methoxy groups -OCH3 is 1. The van der Waals surface area contributed by atoms with Crippen LogP contribution in [0.25, 0.3) is 0 Å². The molecule has 5 heteroatoms. The Morgan fingerprint density at radius 3 is 2.79 bits per heavy atom. The SMILES string of the molecule is CCOc1ccccc1C(NN)c1cc(OC)cs1. The molecule has 0 saturated heterocycles. The van der Waals surface area contributed by atoms with E-state index < -0.39 is 0 Å². The summed E-state index contributed by atoms with van der Waals surface area (Å²) in [7, 11) is 1.66. The van der Waals surface area contributed by atoms with Gasteiger partial charge in [-0.3, -0.25) is 5.84 Å². The van der Waals surface area contributed by atoms with E-state index in [-0.39, 0.29) is 6.04 Å². The van der Waals surface area contributed by atoms with E-state index in [1.807, 2.05) is 42.6 Å². The van der Waals surface area contributed by atoms with Gasteiger partial charge < -0.3 is 9.47 Å². The Morgan fingerprint density at radius 2 is 2.16 bits per heavy atom. The van der Waals surface area contributed by atoms with Crippen molar-refractivity contribution in [2.45, 2.75) is 13.0 Å². The molecular formula is C14H18N2O2S. The van der Waals surface area contributed by atoms with Crippen molar-refractivity contribution in [2.75, 3.05) is 13.7 Å². The Balaban J connectivity index is 2.36. The number of para-hydroxylation sites is 1. The van der Waals surface area contributed by atoms with Crippen molar-refractivity contribution in [3.63, 3.8) is 0 Å². The topological polar surface area (TPSA) is 56.5 Å². The number of hydrazine groups is 1. The van der Waals surface area contributed by atoms with E-state index in [0.717, 1.165) is 21.9 Å². The van der Waals surface area contributed by atoms with Gasteiger partial charge in [-0.1, -0.05) is 18.2 Å². The molecule has 2 rings (SSSR count). The second kappa shape index (κ2) is 6.56. The summed E-state index contributed by atoms with van der Waals surface area (Å²) in [5.41, 5.74) is 3.87. The van der Waals surface area contributed by atoms with E-state index in [4.69, 9.17) is 15.3 Å². The molecule has 0 aliphatic carbocycles. The van der Waals surface area contributed by atoms with Crippen LogP contribution >= 0.6 is 11.3 Å². The Kier molecular flexibility index (Phi) is 4.79. The maximum atomic E-state index is 5.71. The molecule has 1 heterocycles. The van der Waals surface area contributed by atoms with Gasteiger partial charge in [-0.25, -0.2) is 5.43 Å². The van der Waals surface area contributed by atoms with Gasteiger partial charge in [-0.05, 0) is 19.1 Å². The second-order valence-corrected chi connectivity index (χ2v) is 4.90. The third-order valence-corrected chi connectivity index (χ3v) is 3.79. The first kappa shape index (κ1) is 13.9. The molecule has 0 bridgehead atoms. The first-order valence-electron chi connectivity index (χ1n) is 6.10. The fraction of sp³-hybridized carbons (Fsp3) is 0.286. The maximum absolute atomic E-state index is 5.71. The molecule has 0 amide bonds. The van der Waals surface area contributed by atoms with Crippen LogP contribution in [0.4, 0.5) is 0 Å². The molecule has 0 radical (unpaired) electrons. The van der Waals surface area contributed by atoms with Crippen molar-refractivity contribution in [1.82, 2.24) is 5.43 Å². The number of rotatable bonds is 6. The van der Waals surface area contributed by atoms with Crippen LogP contribution in [-0.2, 0) is 0 Å². The van der Waals surface area contributed by atoms with Crippen LogP contribution in [-0.4, -0.2) is 13.7 Å². The molecule has 19 heavy (non-hydrogen) atoms. The lowest BCUT2D eigenvalue weighted by Crippen LogP contribution is -2.28. The first-order valence-corrected chi connectivity index (χ1v) is 6.98. The summed E-state index contributed by atoms with van der Waals surface area (Å²) in [4.78, 5) is 1.09. The Labute approximate surface area is 117 Å². The van der Waals surface area contributed by atoms with Crippen molar-refractivity contribution in [3.8, 4) is 11.5 Å². The van der Waals surface area contributed by atoms with Crippen molar-refractivity contribution in [2.24, 2.45) is 5.84 Å². The standard InChI is InChI=1S/C14H18N2O2S/c1-3-18-12-7-5-4-6-11(12)14(16-15)13-8-10(17-2)9-19-13/h4-9,14,16H,3,15H2,1-2H3. The highest BCUT2D eigenvalue weighted by atomic mass is 32.1. The van der Waals surface area contributed by atoms with E-state index in [2.05, 4.69) is 5.43 Å². The zero-order valence-electron chi connectivity index (χ0n) is 11.1. The van der Waals surface area contributed by atoms with Crippen LogP contribution < -0.4 is 20.7 Å². The van der Waals surface area contributed by atoms with Crippen molar-refractivity contribution in [1.29, 1.82) is 0 Å². The van der Waals surface area contributed by atoms with Gasteiger partial charge in [0.25, 0.3) is 0 Å². The van der Waals surface area contributed by atoms with E-state index >= 15 is 0 Å². The summed E-state index contributed by atoms with van der Waals surface area (Å²) < 4.78 is 10.9. The molecule has 1 unspecified atom stereocenters. The summed E-state index contributed by atoms with van der Waals surface area (Å²) >= 11 is 1.61. The molecule has 0 spiro atoms. The average Bonchev–Trinajstić information content (AvgIpc) is 2.91. The van der Waals surface area contributed by atoms with Crippen LogP contribution in [0.3, 0.4) is 0 Å². The molecule has 0 aliphatic rings. The molecule has 1 aromatic heterocycles. The molecule has 3 N–H and O–H groups in total. The fourth-order valence-corrected chi connectivity index (χ4v) is 2.86. The van der Waals surface area contributed by atoms with E-state index in [1.165, 1.54) is 0 Å². The summed E-state index contributed by atoms with van der Waals surface area (Å²) in [6.07, 6.45) is 0. The van der Waals surface area contributed by atoms with Gasteiger partial charge in [-0.2, -0.15) is 0 Å². The quantitative estimate of drug-likeness (QED) is 0.630. The normalized spacial score (nSPS) is 12.2. The Bertz CT molecular complexity index is 528. The summed E-state index contributed by atoms with van der Waals surface area (Å²) in [5, 5.41) is 1.96. The van der Waals surface area contributed by atoms with Gasteiger partial charge >= 0.3 is 0 Å². The first-order chi connectivity index (χ1) is 9.30. The molecule has 4 nitrogen and oxygen atoms in total. The molecule has 0 saturated carbocycles. The number of benzene rings is 1. The number of thiophene rings is 1. The predicted molar refractivity (Wildman–Crippen MR) is 77.6 cm³/mol. The zero-order valence-corrected chi connectivity index (χ0v) is 11.9. The minimum absolute atomic E-state index is 0.100. The molecule has 1 aromatic carbocycles. The van der Waals surface area contributed by atoms with E-state index in [0.29, 0.717) is 6.61 Å². The number of nitrogens with two attached hydrogens (primary N) is 1. The number of ether oxygens (including phenoxy) is 2. The van der Waals surface area contributed by atoms with Gasteiger partial charge in [0, 0.05) is 15.8 Å². The summed E-state index contributed by atoms with van der Waals surface area (Å²) in [5.74, 6) is 7.40. The molecule has 1 atom stereocenters. The largest absolute Gasteiger partial charge is 0.496 e. The predicted octanol–water partition coefficient (Wildman–Crippen LogP) is 2.71. The second-order valence-electron chi connectivity index (χ2n) is 3.96. The van der Waals surface area contributed by atoms with E-state index in [9.17, 15) is 0 Å². The van der Waals surface area contributed by atoms with Gasteiger partial charge in [0.05, 0.1) is 19.8 Å². The van der Waals surface area contributed by atoms with Gasteiger partial charge in [0.2, 0.25) is 0 Å². The monoisotopic (exact) mass is 278 g/mol. The third kappa shape index (κ3) is 3.07. The lowest BCUT2D eigenvalue weighted by atomic mass is 10.0. The fourth-order valence-electron chi connectivity index (χ4n) is 1.92. The minimum atomic E-state index is -0.100. The van der Waals surface area contributed by atoms with Crippen molar-refractivity contribution in [3.05, 3.63) is 46.2 Å². The third-order valence-electron chi connectivity index (χ3n) is 2.81. The summed E-state index contributed by atoms with van der Waals surface area (Å²) in [6.45, 7) is 2.60. The smallest absolute Gasteiger partial charge is 0.129 e. The van der Waals surface area contributed by atoms with Crippen molar-refractivity contribution < 1.29 is 9.47 Å². The molecule has 2 aromatic rings. The number of nitrogens with one attached hydrogen (secondary N) is 1. The van der Waals surface area contributed by atoms with Crippen LogP contribution in [0.15, 0.2) is 35.7 Å². The summed E-state index contributed by atoms with van der Waals surface area (Å²) in [6, 6.07) is 9.79. The van der Waals surface area contributed by atoms with Gasteiger partial charge in [-0.15, -0.1) is 11.3 Å². The molecular weight excluding hydrogens is 260 g/mol. The Morgan fingerprint density at radius 1 is 1.37 bits per heavy atom. The molecule has 0 fully saturated rings. The maximum Gasteiger partial charge on any atom is 0.129 e. The van der Waals surface area contributed by atoms with Crippen LogP contribution in [0.1, 0.15) is 23.4 Å². The van der Waals surface area contributed by atoms with Crippen molar-refractivity contribution >= 4 is 11.3 Å². The average molecular weight is 278 g/mol. The molecule has 0 aliphatic heterocycles.